The van der Waals surface area contributed by atoms with E-state index in [1.54, 1.807) is 11.3 Å². The Labute approximate surface area is 70.7 Å². The van der Waals surface area contributed by atoms with Gasteiger partial charge in [-0.25, -0.2) is 4.98 Å². The fourth-order valence-electron chi connectivity index (χ4n) is 1.46. The van der Waals surface area contributed by atoms with Gasteiger partial charge >= 0.3 is 0 Å². The molecule has 3 heteroatoms. The van der Waals surface area contributed by atoms with E-state index in [1.165, 1.54) is 11.4 Å². The summed E-state index contributed by atoms with van der Waals surface area (Å²) in [6, 6.07) is 0. The van der Waals surface area contributed by atoms with Gasteiger partial charge in [0.1, 0.15) is 0 Å². The molecule has 0 aromatic carbocycles. The summed E-state index contributed by atoms with van der Waals surface area (Å²) in [6.45, 7) is 1.14. The van der Waals surface area contributed by atoms with Crippen molar-refractivity contribution in [2.75, 3.05) is 13.6 Å². The number of nitrogens with zero attached hydrogens (tertiary/aromatic N) is 1. The van der Waals surface area contributed by atoms with Crippen molar-refractivity contribution in [3.63, 3.8) is 0 Å². The van der Waals surface area contributed by atoms with Gasteiger partial charge in [-0.05, 0) is 25.9 Å². The highest BCUT2D eigenvalue weighted by molar-refractivity contribution is 7.09. The Morgan fingerprint density at radius 2 is 2.73 bits per heavy atom. The van der Waals surface area contributed by atoms with Crippen LogP contribution in [-0.4, -0.2) is 18.6 Å². The first-order valence-electron chi connectivity index (χ1n) is 3.96. The number of thiazole rings is 1. The maximum Gasteiger partial charge on any atom is 0.0959 e. The molecule has 11 heavy (non-hydrogen) atoms. The Balaban J connectivity index is 1.92. The zero-order valence-corrected chi connectivity index (χ0v) is 7.40. The molecule has 0 saturated heterocycles. The quantitative estimate of drug-likeness (QED) is 0.739. The van der Waals surface area contributed by atoms with E-state index in [1.807, 2.05) is 13.2 Å². The van der Waals surface area contributed by atoms with Gasteiger partial charge in [0, 0.05) is 17.5 Å². The summed E-state index contributed by atoms with van der Waals surface area (Å²) in [5, 5.41) is 6.58. The van der Waals surface area contributed by atoms with Crippen molar-refractivity contribution in [2.45, 2.75) is 12.3 Å². The highest BCUT2D eigenvalue weighted by atomic mass is 32.1. The molecule has 2 atom stereocenters. The molecule has 1 N–H and O–H groups in total. The monoisotopic (exact) mass is 168 g/mol. The highest BCUT2D eigenvalue weighted by Crippen LogP contribution is 2.47. The Morgan fingerprint density at radius 1 is 1.82 bits per heavy atom. The van der Waals surface area contributed by atoms with E-state index in [4.69, 9.17) is 0 Å². The summed E-state index contributed by atoms with van der Waals surface area (Å²) in [5.41, 5.74) is 0. The Hall–Kier alpha value is -0.410. The average Bonchev–Trinajstić information content (AvgIpc) is 2.61. The first-order chi connectivity index (χ1) is 5.42. The van der Waals surface area contributed by atoms with Crippen LogP contribution in [0.25, 0.3) is 0 Å². The van der Waals surface area contributed by atoms with Crippen molar-refractivity contribution in [3.8, 4) is 0 Å². The second-order valence-corrected chi connectivity index (χ2v) is 3.96. The van der Waals surface area contributed by atoms with E-state index in [0.717, 1.165) is 18.4 Å². The topological polar surface area (TPSA) is 24.9 Å². The van der Waals surface area contributed by atoms with Crippen LogP contribution in [0.4, 0.5) is 0 Å². The van der Waals surface area contributed by atoms with E-state index >= 15 is 0 Å². The molecule has 1 heterocycles. The molecule has 0 amide bonds. The normalized spacial score (nSPS) is 28.8. The molecule has 60 valence electrons. The molecule has 0 radical (unpaired) electrons. The van der Waals surface area contributed by atoms with E-state index in [0.29, 0.717) is 0 Å². The molecular weight excluding hydrogens is 156 g/mol. The van der Waals surface area contributed by atoms with Crippen LogP contribution < -0.4 is 5.32 Å². The van der Waals surface area contributed by atoms with E-state index < -0.39 is 0 Å². The summed E-state index contributed by atoms with van der Waals surface area (Å²) >= 11 is 1.78. The van der Waals surface area contributed by atoms with E-state index in [9.17, 15) is 0 Å². The van der Waals surface area contributed by atoms with Crippen LogP contribution in [-0.2, 0) is 0 Å². The van der Waals surface area contributed by atoms with Crippen molar-refractivity contribution >= 4 is 11.3 Å². The minimum Gasteiger partial charge on any atom is -0.319 e. The second kappa shape index (κ2) is 2.91. The number of aromatic nitrogens is 1. The fraction of sp³-hybridized carbons (Fsp3) is 0.625. The van der Waals surface area contributed by atoms with Crippen LogP contribution in [0.5, 0.6) is 0 Å². The molecule has 1 aliphatic carbocycles. The maximum atomic E-state index is 4.30. The third-order valence-electron chi connectivity index (χ3n) is 2.16. The minimum absolute atomic E-state index is 0.766. The van der Waals surface area contributed by atoms with Crippen molar-refractivity contribution in [1.29, 1.82) is 0 Å². The van der Waals surface area contributed by atoms with Crippen molar-refractivity contribution in [3.05, 3.63) is 16.6 Å². The van der Waals surface area contributed by atoms with Crippen LogP contribution in [0.1, 0.15) is 17.3 Å². The molecule has 2 unspecified atom stereocenters. The van der Waals surface area contributed by atoms with Gasteiger partial charge in [0.25, 0.3) is 0 Å². The van der Waals surface area contributed by atoms with Gasteiger partial charge < -0.3 is 5.32 Å². The summed E-state index contributed by atoms with van der Waals surface area (Å²) < 4.78 is 0. The molecule has 0 aliphatic heterocycles. The molecule has 1 aliphatic rings. The lowest BCUT2D eigenvalue weighted by atomic mass is 10.3. The predicted molar refractivity (Wildman–Crippen MR) is 46.9 cm³/mol. The average molecular weight is 168 g/mol. The van der Waals surface area contributed by atoms with E-state index in [-0.39, 0.29) is 0 Å². The number of hydrogen-bond donors (Lipinski definition) is 1. The van der Waals surface area contributed by atoms with Crippen LogP contribution in [0.3, 0.4) is 0 Å². The van der Waals surface area contributed by atoms with Gasteiger partial charge in [-0.15, -0.1) is 11.3 Å². The van der Waals surface area contributed by atoms with Gasteiger partial charge in [-0.3, -0.25) is 0 Å². The lowest BCUT2D eigenvalue weighted by molar-refractivity contribution is 0.697. The zero-order chi connectivity index (χ0) is 7.68. The number of hydrogen-bond acceptors (Lipinski definition) is 3. The van der Waals surface area contributed by atoms with Gasteiger partial charge in [-0.2, -0.15) is 0 Å². The highest BCUT2D eigenvalue weighted by Gasteiger charge is 2.39. The summed E-state index contributed by atoms with van der Waals surface area (Å²) in [5.74, 6) is 1.62. The first-order valence-corrected chi connectivity index (χ1v) is 4.83. The Morgan fingerprint density at radius 3 is 3.36 bits per heavy atom. The molecule has 2 nitrogen and oxygen atoms in total. The van der Waals surface area contributed by atoms with Crippen LogP contribution in [0.15, 0.2) is 11.6 Å². The maximum absolute atomic E-state index is 4.30. The van der Waals surface area contributed by atoms with Crippen LogP contribution in [0.2, 0.25) is 0 Å². The molecule has 0 bridgehead atoms. The molecule has 0 spiro atoms. The largest absolute Gasteiger partial charge is 0.319 e. The van der Waals surface area contributed by atoms with E-state index in [2.05, 4.69) is 15.7 Å². The second-order valence-electron chi connectivity index (χ2n) is 3.03. The molecule has 1 saturated carbocycles. The lowest BCUT2D eigenvalue weighted by Crippen LogP contribution is -2.10. The SMILES string of the molecule is CNCC1CC1c1nccs1. The van der Waals surface area contributed by atoms with Gasteiger partial charge in [0.05, 0.1) is 5.01 Å². The van der Waals surface area contributed by atoms with Gasteiger partial charge in [0.15, 0.2) is 0 Å². The Bertz CT molecular complexity index is 220. The Kier molecular flexibility index (Phi) is 1.92. The molecular formula is C8H12N2S. The van der Waals surface area contributed by atoms with Gasteiger partial charge in [0.2, 0.25) is 0 Å². The van der Waals surface area contributed by atoms with Crippen molar-refractivity contribution in [1.82, 2.24) is 10.3 Å². The third-order valence-corrected chi connectivity index (χ3v) is 3.06. The third kappa shape index (κ3) is 1.44. The number of nitrogens with one attached hydrogen (secondary N) is 1. The van der Waals surface area contributed by atoms with Crippen LogP contribution >= 0.6 is 11.3 Å². The summed E-state index contributed by atoms with van der Waals surface area (Å²) in [7, 11) is 2.01. The van der Waals surface area contributed by atoms with Crippen LogP contribution in [0, 0.1) is 5.92 Å². The van der Waals surface area contributed by atoms with Crippen molar-refractivity contribution in [2.24, 2.45) is 5.92 Å². The molecule has 1 aromatic heterocycles. The lowest BCUT2D eigenvalue weighted by Gasteiger charge is -1.93. The molecule has 1 fully saturated rings. The molecule has 2 rings (SSSR count). The zero-order valence-electron chi connectivity index (χ0n) is 6.58. The van der Waals surface area contributed by atoms with Crippen molar-refractivity contribution < 1.29 is 0 Å². The standard InChI is InChI=1S/C8H12N2S/c1-9-5-6-4-7(6)8-10-2-3-11-8/h2-3,6-7,9H,4-5H2,1H3. The summed E-state index contributed by atoms with van der Waals surface area (Å²) in [6.07, 6.45) is 3.23. The molecule has 1 aromatic rings. The summed E-state index contributed by atoms with van der Waals surface area (Å²) in [4.78, 5) is 4.30. The minimum atomic E-state index is 0.766. The number of rotatable bonds is 3. The fourth-order valence-corrected chi connectivity index (χ4v) is 2.30. The first kappa shape index (κ1) is 7.25. The smallest absolute Gasteiger partial charge is 0.0959 e. The predicted octanol–water partition coefficient (Wildman–Crippen LogP) is 1.47. The van der Waals surface area contributed by atoms with Gasteiger partial charge in [-0.1, -0.05) is 0 Å².